The Morgan fingerprint density at radius 3 is 2.79 bits per heavy atom. The monoisotopic (exact) mass is 521 g/mol. The number of esters is 1. The van der Waals surface area contributed by atoms with Crippen LogP contribution in [0.15, 0.2) is 48.7 Å². The van der Waals surface area contributed by atoms with E-state index in [2.05, 4.69) is 16.4 Å². The van der Waals surface area contributed by atoms with Crippen LogP contribution in [0, 0.1) is 35.4 Å². The number of fused-ring (bicyclic) bond motifs is 2. The van der Waals surface area contributed by atoms with Crippen LogP contribution in [-0.4, -0.2) is 41.7 Å². The van der Waals surface area contributed by atoms with E-state index in [0.717, 1.165) is 42.5 Å². The van der Waals surface area contributed by atoms with Crippen LogP contribution in [0.25, 0.3) is 17.2 Å². The zero-order chi connectivity index (χ0) is 26.8. The van der Waals surface area contributed by atoms with Crippen molar-refractivity contribution in [3.8, 4) is 11.1 Å². The van der Waals surface area contributed by atoms with Gasteiger partial charge in [0.25, 0.3) is 5.91 Å². The van der Waals surface area contributed by atoms with Crippen LogP contribution < -0.4 is 11.1 Å². The first kappa shape index (κ1) is 25.9. The van der Waals surface area contributed by atoms with E-state index < -0.39 is 18.6 Å². The van der Waals surface area contributed by atoms with E-state index >= 15 is 0 Å². The molecule has 0 unspecified atom stereocenters. The summed E-state index contributed by atoms with van der Waals surface area (Å²) in [6.45, 7) is 1.51. The van der Waals surface area contributed by atoms with E-state index in [1.807, 2.05) is 31.2 Å². The molecule has 1 aromatic heterocycles. The predicted octanol–water partition coefficient (Wildman–Crippen LogP) is 4.09. The van der Waals surface area contributed by atoms with Crippen molar-refractivity contribution < 1.29 is 28.2 Å². The average Bonchev–Trinajstić information content (AvgIpc) is 3.18. The summed E-state index contributed by atoms with van der Waals surface area (Å²) >= 11 is 0. The maximum atomic E-state index is 13.6. The van der Waals surface area contributed by atoms with Crippen LogP contribution >= 0.6 is 0 Å². The van der Waals surface area contributed by atoms with Crippen molar-refractivity contribution in [1.82, 2.24) is 10.3 Å². The molecule has 2 aliphatic carbocycles. The molecular formula is C29H32FN3O5. The largest absolute Gasteiger partial charge is 0.462 e. The average molecular weight is 522 g/mol. The predicted molar refractivity (Wildman–Crippen MR) is 138 cm³/mol. The second-order valence-corrected chi connectivity index (χ2v) is 10.6. The number of rotatable bonds is 6. The molecule has 0 bridgehead atoms. The number of primary amides is 1. The van der Waals surface area contributed by atoms with Crippen LogP contribution in [0.5, 0.6) is 0 Å². The van der Waals surface area contributed by atoms with E-state index in [9.17, 15) is 18.8 Å². The number of alkyl carbamates (subject to hydrolysis) is 1. The van der Waals surface area contributed by atoms with Crippen molar-refractivity contribution in [1.29, 1.82) is 0 Å². The summed E-state index contributed by atoms with van der Waals surface area (Å²) < 4.78 is 24.1. The molecule has 8 nitrogen and oxygen atoms in total. The molecule has 3 aliphatic rings. The fraction of sp³-hybridized carbons (Fsp3) is 0.448. The highest BCUT2D eigenvalue weighted by molar-refractivity contribution is 5.78. The van der Waals surface area contributed by atoms with E-state index in [1.165, 1.54) is 12.1 Å². The van der Waals surface area contributed by atoms with Crippen LogP contribution in [-0.2, 0) is 19.1 Å². The van der Waals surface area contributed by atoms with Gasteiger partial charge in [0.2, 0.25) is 0 Å². The number of hydrogen-bond acceptors (Lipinski definition) is 6. The Balaban J connectivity index is 1.31. The van der Waals surface area contributed by atoms with Crippen LogP contribution in [0.2, 0.25) is 0 Å². The molecule has 1 aromatic carbocycles. The molecule has 0 radical (unpaired) electrons. The highest BCUT2D eigenvalue weighted by atomic mass is 19.1. The van der Waals surface area contributed by atoms with Crippen molar-refractivity contribution >= 4 is 24.0 Å². The van der Waals surface area contributed by atoms with Crippen LogP contribution in [0.4, 0.5) is 9.18 Å². The molecule has 2 amide bonds. The van der Waals surface area contributed by atoms with Crippen molar-refractivity contribution in [2.45, 2.75) is 44.8 Å². The number of hydrogen-bond donors (Lipinski definition) is 2. The number of pyridine rings is 1. The molecule has 2 aromatic rings. The van der Waals surface area contributed by atoms with Crippen molar-refractivity contribution in [3.63, 3.8) is 0 Å². The summed E-state index contributed by atoms with van der Waals surface area (Å²) in [6.07, 6.45) is 8.22. The third kappa shape index (κ3) is 5.56. The third-order valence-electron chi connectivity index (χ3n) is 8.25. The molecule has 0 spiro atoms. The molecule has 3 fully saturated rings. The highest BCUT2D eigenvalue weighted by Gasteiger charge is 2.54. The van der Waals surface area contributed by atoms with Gasteiger partial charge in [-0.05, 0) is 80.2 Å². The maximum Gasteiger partial charge on any atom is 0.407 e. The zero-order valence-corrected chi connectivity index (χ0v) is 21.2. The molecule has 2 saturated carbocycles. The minimum Gasteiger partial charge on any atom is -0.462 e. The number of cyclic esters (lactones) is 1. The Kier molecular flexibility index (Phi) is 7.44. The number of nitrogens with zero attached hydrogens (tertiary/aromatic N) is 1. The first-order chi connectivity index (χ1) is 18.3. The number of carbonyl (C=O) groups excluding carboxylic acids is 3. The van der Waals surface area contributed by atoms with Gasteiger partial charge >= 0.3 is 12.1 Å². The van der Waals surface area contributed by atoms with E-state index in [1.54, 1.807) is 12.3 Å². The van der Waals surface area contributed by atoms with Gasteiger partial charge in [0.05, 0.1) is 11.6 Å². The SMILES string of the molecule is C[C@H]1OC(=O)[C@@H]2C[C@@H]3C[C@H](NC(=O)OCC(N)=O)CC[C@H]3[C@H](/C=C/c3ccc(-c4cccc(F)c4)cn3)[C@H]12. The van der Waals surface area contributed by atoms with Gasteiger partial charge in [0.1, 0.15) is 11.9 Å². The molecule has 2 heterocycles. The second-order valence-electron chi connectivity index (χ2n) is 10.6. The number of halogens is 1. The summed E-state index contributed by atoms with van der Waals surface area (Å²) in [6, 6.07) is 10.2. The minimum atomic E-state index is -0.705. The second kappa shape index (κ2) is 10.9. The quantitative estimate of drug-likeness (QED) is 0.553. The van der Waals surface area contributed by atoms with Crippen molar-refractivity contribution in [2.75, 3.05) is 6.61 Å². The van der Waals surface area contributed by atoms with Gasteiger partial charge in [-0.3, -0.25) is 14.6 Å². The zero-order valence-electron chi connectivity index (χ0n) is 21.2. The lowest BCUT2D eigenvalue weighted by Gasteiger charge is -2.47. The number of amides is 2. The number of nitrogens with two attached hydrogens (primary N) is 1. The van der Waals surface area contributed by atoms with Gasteiger partial charge in [0.15, 0.2) is 6.61 Å². The third-order valence-corrected chi connectivity index (χ3v) is 8.25. The van der Waals surface area contributed by atoms with E-state index in [4.69, 9.17) is 15.2 Å². The Hall–Kier alpha value is -3.75. The lowest BCUT2D eigenvalue weighted by atomic mass is 9.57. The summed E-state index contributed by atoms with van der Waals surface area (Å²) in [7, 11) is 0. The Morgan fingerprint density at radius 1 is 1.21 bits per heavy atom. The Labute approximate surface area is 220 Å². The molecular weight excluding hydrogens is 489 g/mol. The number of ether oxygens (including phenoxy) is 2. The number of nitrogens with one attached hydrogen (secondary N) is 1. The summed E-state index contributed by atoms with van der Waals surface area (Å²) in [4.78, 5) is 40.2. The van der Waals surface area contributed by atoms with Gasteiger partial charge in [-0.1, -0.05) is 24.3 Å². The van der Waals surface area contributed by atoms with Gasteiger partial charge in [0, 0.05) is 23.7 Å². The molecule has 38 heavy (non-hydrogen) atoms. The Morgan fingerprint density at radius 2 is 2.05 bits per heavy atom. The number of carbonyl (C=O) groups is 3. The molecule has 5 rings (SSSR count). The molecule has 200 valence electrons. The smallest absolute Gasteiger partial charge is 0.407 e. The minimum absolute atomic E-state index is 0.0929. The summed E-state index contributed by atoms with van der Waals surface area (Å²) in [5.41, 5.74) is 7.44. The maximum absolute atomic E-state index is 13.6. The van der Waals surface area contributed by atoms with Crippen molar-refractivity contribution in [3.05, 3.63) is 60.2 Å². The molecule has 1 aliphatic heterocycles. The number of aromatic nitrogens is 1. The van der Waals surface area contributed by atoms with Crippen molar-refractivity contribution in [2.24, 2.45) is 35.3 Å². The van der Waals surface area contributed by atoms with E-state index in [0.29, 0.717) is 5.92 Å². The standard InChI is InChI=1S/C29H32FN3O5/c1-16-27-24(10-7-21-6-5-18(14-32-21)17-3-2-4-20(30)11-17)23-9-8-22(33-29(36)37-15-26(31)34)12-19(23)13-25(27)28(35)38-16/h2-7,10-11,14,16,19,22-25,27H,8-9,12-13,15H2,1H3,(H2,31,34)(H,33,36)/b10-7+/t16-,19+,22-,23-,24+,25-,27+/m1/s1. The first-order valence-electron chi connectivity index (χ1n) is 13.1. The van der Waals surface area contributed by atoms with Gasteiger partial charge < -0.3 is 20.5 Å². The molecule has 7 atom stereocenters. The number of allylic oxidation sites excluding steroid dienone is 1. The fourth-order valence-electron chi connectivity index (χ4n) is 6.64. The first-order valence-corrected chi connectivity index (χ1v) is 13.1. The highest BCUT2D eigenvalue weighted by Crippen LogP contribution is 2.53. The van der Waals surface area contributed by atoms with Gasteiger partial charge in [-0.15, -0.1) is 0 Å². The van der Waals surface area contributed by atoms with Gasteiger partial charge in [-0.2, -0.15) is 0 Å². The summed E-state index contributed by atoms with van der Waals surface area (Å²) in [5.74, 6) is -0.508. The normalized spacial score (nSPS) is 30.3. The molecule has 9 heteroatoms. The van der Waals surface area contributed by atoms with Crippen LogP contribution in [0.3, 0.4) is 0 Å². The van der Waals surface area contributed by atoms with Gasteiger partial charge in [-0.25, -0.2) is 9.18 Å². The molecule has 3 N–H and O–H groups in total. The Bertz CT molecular complexity index is 1230. The number of benzene rings is 1. The van der Waals surface area contributed by atoms with E-state index in [-0.39, 0.29) is 47.6 Å². The summed E-state index contributed by atoms with van der Waals surface area (Å²) in [5, 5.41) is 2.85. The topological polar surface area (TPSA) is 121 Å². The van der Waals surface area contributed by atoms with Crippen LogP contribution in [0.1, 0.15) is 38.3 Å². The lowest BCUT2D eigenvalue weighted by molar-refractivity contribution is -0.144. The lowest BCUT2D eigenvalue weighted by Crippen LogP contribution is -2.48. The molecule has 1 saturated heterocycles. The fourth-order valence-corrected chi connectivity index (χ4v) is 6.64.